The van der Waals surface area contributed by atoms with Gasteiger partial charge in [-0.3, -0.25) is 4.79 Å². The molecule has 0 radical (unpaired) electrons. The van der Waals surface area contributed by atoms with Gasteiger partial charge in [-0.25, -0.2) is 9.48 Å². The highest BCUT2D eigenvalue weighted by atomic mass is 28.3. The van der Waals surface area contributed by atoms with Crippen molar-refractivity contribution < 1.29 is 19.4 Å². The van der Waals surface area contributed by atoms with Crippen molar-refractivity contribution in [1.82, 2.24) is 9.78 Å². The number of nitrogens with zero attached hydrogens (tertiary/aromatic N) is 2. The molecule has 8 heteroatoms. The number of nitrogens with one attached hydrogen (secondary N) is 1. The van der Waals surface area contributed by atoms with Crippen molar-refractivity contribution in [3.63, 3.8) is 0 Å². The lowest BCUT2D eigenvalue weighted by molar-refractivity contribution is -0.111. The van der Waals surface area contributed by atoms with Gasteiger partial charge < -0.3 is 15.2 Å². The van der Waals surface area contributed by atoms with Crippen LogP contribution in [0.25, 0.3) is 22.0 Å². The molecule has 1 aromatic heterocycles. The van der Waals surface area contributed by atoms with E-state index in [0.29, 0.717) is 23.2 Å². The number of aromatic carboxylic acids is 1. The van der Waals surface area contributed by atoms with Crippen LogP contribution in [0, 0.1) is 0 Å². The molecule has 0 bridgehead atoms. The van der Waals surface area contributed by atoms with Gasteiger partial charge in [0.25, 0.3) is 0 Å². The summed E-state index contributed by atoms with van der Waals surface area (Å²) in [5, 5.41) is 17.2. The number of carboxylic acids is 1. The lowest BCUT2D eigenvalue weighted by Gasteiger charge is -2.15. The molecule has 1 amide bonds. The van der Waals surface area contributed by atoms with E-state index in [0.717, 1.165) is 17.2 Å². The highest BCUT2D eigenvalue weighted by molar-refractivity contribution is 6.76. The summed E-state index contributed by atoms with van der Waals surface area (Å²) in [5.74, 6) is -1.38. The van der Waals surface area contributed by atoms with Crippen molar-refractivity contribution in [1.29, 1.82) is 0 Å². The van der Waals surface area contributed by atoms with Crippen LogP contribution in [0.3, 0.4) is 0 Å². The van der Waals surface area contributed by atoms with Crippen LogP contribution in [-0.4, -0.2) is 41.4 Å². The minimum Gasteiger partial charge on any atom is -0.476 e. The average molecular weight is 438 g/mol. The van der Waals surface area contributed by atoms with Gasteiger partial charge in [-0.15, -0.1) is 0 Å². The Morgan fingerprint density at radius 1 is 1.19 bits per heavy atom. The van der Waals surface area contributed by atoms with Gasteiger partial charge in [0.15, 0.2) is 5.69 Å². The summed E-state index contributed by atoms with van der Waals surface area (Å²) < 4.78 is 7.36. The molecule has 0 aliphatic rings. The summed E-state index contributed by atoms with van der Waals surface area (Å²) in [6.45, 7) is 11.1. The molecule has 7 nitrogen and oxygen atoms in total. The maximum absolute atomic E-state index is 11.8. The van der Waals surface area contributed by atoms with E-state index in [4.69, 9.17) is 4.74 Å². The molecule has 0 unspecified atom stereocenters. The van der Waals surface area contributed by atoms with Gasteiger partial charge in [0, 0.05) is 25.8 Å². The molecular weight excluding hydrogens is 410 g/mol. The van der Waals surface area contributed by atoms with Gasteiger partial charge in [-0.1, -0.05) is 44.4 Å². The summed E-state index contributed by atoms with van der Waals surface area (Å²) in [7, 11) is -1.20. The number of fused-ring (bicyclic) bond motifs is 1. The van der Waals surface area contributed by atoms with Crippen LogP contribution < -0.4 is 5.32 Å². The molecule has 2 aromatic carbocycles. The van der Waals surface area contributed by atoms with Gasteiger partial charge >= 0.3 is 5.97 Å². The highest BCUT2D eigenvalue weighted by Crippen LogP contribution is 2.28. The largest absolute Gasteiger partial charge is 0.476 e. The lowest BCUT2D eigenvalue weighted by Crippen LogP contribution is -2.22. The van der Waals surface area contributed by atoms with Gasteiger partial charge in [-0.2, -0.15) is 5.10 Å². The van der Waals surface area contributed by atoms with E-state index in [1.165, 1.54) is 6.08 Å². The summed E-state index contributed by atoms with van der Waals surface area (Å²) in [6, 6.07) is 13.9. The normalized spacial score (nSPS) is 11.5. The molecule has 0 saturated heterocycles. The lowest BCUT2D eigenvalue weighted by atomic mass is 10.0. The Hall–Kier alpha value is -3.23. The summed E-state index contributed by atoms with van der Waals surface area (Å²) in [5.41, 5.74) is 2.99. The second-order valence-corrected chi connectivity index (χ2v) is 14.1. The first-order valence-corrected chi connectivity index (χ1v) is 13.7. The fourth-order valence-electron chi connectivity index (χ4n) is 3.11. The molecule has 3 aromatic rings. The highest BCUT2D eigenvalue weighted by Gasteiger charge is 2.18. The Labute approximate surface area is 182 Å². The third-order valence-electron chi connectivity index (χ3n) is 4.81. The maximum Gasteiger partial charge on any atom is 0.357 e. The SMILES string of the molecule is C=CC(=O)Nc1cccc(-c2ccc3c(c2)c(C(=O)O)nn3COCC[Si](C)(C)C)c1. The number of rotatable bonds is 9. The number of carbonyl (C=O) groups is 2. The first-order valence-electron chi connectivity index (χ1n) is 10.0. The van der Waals surface area contributed by atoms with Gasteiger partial charge in [0.05, 0.1) is 5.52 Å². The topological polar surface area (TPSA) is 93.5 Å². The number of anilines is 1. The number of hydrogen-bond donors (Lipinski definition) is 2. The van der Waals surface area contributed by atoms with Crippen molar-refractivity contribution in [3.8, 4) is 11.1 Å². The minimum absolute atomic E-state index is 0.0123. The van der Waals surface area contributed by atoms with Crippen molar-refractivity contribution in [3.05, 3.63) is 60.8 Å². The Morgan fingerprint density at radius 2 is 1.94 bits per heavy atom. The molecule has 2 N–H and O–H groups in total. The van der Waals surface area contributed by atoms with Crippen LogP contribution in [0.15, 0.2) is 55.1 Å². The minimum atomic E-state index is -1.20. The molecule has 1 heterocycles. The van der Waals surface area contributed by atoms with Crippen LogP contribution >= 0.6 is 0 Å². The number of ether oxygens (including phenoxy) is 1. The van der Waals surface area contributed by atoms with Gasteiger partial charge in [-0.05, 0) is 47.5 Å². The number of carboxylic acid groups (broad SMARTS) is 1. The fourth-order valence-corrected chi connectivity index (χ4v) is 3.87. The van der Waals surface area contributed by atoms with Crippen LogP contribution in [0.2, 0.25) is 25.7 Å². The third-order valence-corrected chi connectivity index (χ3v) is 6.52. The van der Waals surface area contributed by atoms with E-state index in [9.17, 15) is 14.7 Å². The molecule has 3 rings (SSSR count). The van der Waals surface area contributed by atoms with Crippen LogP contribution in [0.1, 0.15) is 10.5 Å². The Kier molecular flexibility index (Phi) is 6.72. The van der Waals surface area contributed by atoms with Crippen molar-refractivity contribution in [2.75, 3.05) is 11.9 Å². The van der Waals surface area contributed by atoms with Gasteiger partial charge in [0.1, 0.15) is 6.73 Å². The standard InChI is InChI=1S/C23H27N3O4Si/c1-5-21(27)24-18-8-6-7-16(13-18)17-9-10-20-19(14-17)22(23(28)29)25-26(20)15-30-11-12-31(2,3)4/h5-10,13-14H,1,11-12,15H2,2-4H3,(H,24,27)(H,28,29). The zero-order valence-corrected chi connectivity index (χ0v) is 19.0. The molecule has 0 atom stereocenters. The zero-order valence-electron chi connectivity index (χ0n) is 18.0. The maximum atomic E-state index is 11.8. The molecule has 0 fully saturated rings. The van der Waals surface area contributed by atoms with E-state index in [2.05, 4.69) is 36.6 Å². The Morgan fingerprint density at radius 3 is 2.61 bits per heavy atom. The summed E-state index contributed by atoms with van der Waals surface area (Å²) in [6.07, 6.45) is 1.21. The molecule has 0 spiro atoms. The Balaban J connectivity index is 1.90. The van der Waals surface area contributed by atoms with E-state index in [-0.39, 0.29) is 18.3 Å². The monoisotopic (exact) mass is 437 g/mol. The second kappa shape index (κ2) is 9.28. The number of carbonyl (C=O) groups excluding carboxylic acids is 1. The van der Waals surface area contributed by atoms with E-state index < -0.39 is 14.0 Å². The predicted molar refractivity (Wildman–Crippen MR) is 125 cm³/mol. The average Bonchev–Trinajstić information content (AvgIpc) is 3.09. The summed E-state index contributed by atoms with van der Waals surface area (Å²) in [4.78, 5) is 23.4. The van der Waals surface area contributed by atoms with Crippen LogP contribution in [0.5, 0.6) is 0 Å². The summed E-state index contributed by atoms with van der Waals surface area (Å²) >= 11 is 0. The van der Waals surface area contributed by atoms with Crippen LogP contribution in [-0.2, 0) is 16.3 Å². The molecule has 0 aliphatic carbocycles. The first kappa shape index (κ1) is 22.5. The molecule has 162 valence electrons. The predicted octanol–water partition coefficient (Wildman–Crippen LogP) is 4.84. The third kappa shape index (κ3) is 5.68. The van der Waals surface area contributed by atoms with Crippen molar-refractivity contribution in [2.45, 2.75) is 32.4 Å². The van der Waals surface area contributed by atoms with Crippen LogP contribution in [0.4, 0.5) is 5.69 Å². The molecule has 0 saturated carbocycles. The number of benzene rings is 2. The van der Waals surface area contributed by atoms with E-state index >= 15 is 0 Å². The number of amides is 1. The number of aromatic nitrogens is 2. The zero-order chi connectivity index (χ0) is 22.6. The van der Waals surface area contributed by atoms with Crippen molar-refractivity contribution in [2.24, 2.45) is 0 Å². The molecule has 0 aliphatic heterocycles. The second-order valence-electron chi connectivity index (χ2n) is 8.51. The van der Waals surface area contributed by atoms with E-state index in [1.54, 1.807) is 16.8 Å². The van der Waals surface area contributed by atoms with Gasteiger partial charge in [0.2, 0.25) is 5.91 Å². The fraction of sp³-hybridized carbons (Fsp3) is 0.261. The smallest absolute Gasteiger partial charge is 0.357 e. The van der Waals surface area contributed by atoms with E-state index in [1.807, 2.05) is 30.3 Å². The Bertz CT molecular complexity index is 1130. The van der Waals surface area contributed by atoms with Crippen molar-refractivity contribution >= 4 is 36.5 Å². The quantitative estimate of drug-likeness (QED) is 0.284. The molecular formula is C23H27N3O4Si. The molecule has 31 heavy (non-hydrogen) atoms. The number of hydrogen-bond acceptors (Lipinski definition) is 4. The first-order chi connectivity index (χ1) is 14.7.